The number of hydrogen-bond acceptors (Lipinski definition) is 0. The Kier molecular flexibility index (Phi) is 1.04. The number of rotatable bonds is 0. The summed E-state index contributed by atoms with van der Waals surface area (Å²) in [7, 11) is 3.83. The molecule has 1 heteroatoms. The number of para-hydroxylation sites is 1. The Morgan fingerprint density at radius 2 is 1.90 bits per heavy atom. The molecule has 1 heterocycles. The van der Waals surface area contributed by atoms with Crippen molar-refractivity contribution in [3.63, 3.8) is 0 Å². The lowest BCUT2D eigenvalue weighted by molar-refractivity contribution is 1.14. The quantitative estimate of drug-likeness (QED) is 0.515. The zero-order valence-electron chi connectivity index (χ0n) is 5.62. The third kappa shape index (κ3) is 0.637. The maximum atomic E-state index is 3.83. The summed E-state index contributed by atoms with van der Waals surface area (Å²) in [5.41, 5.74) is 1.18. The van der Waals surface area contributed by atoms with Crippen molar-refractivity contribution in [3.05, 3.63) is 43.6 Å². The highest BCUT2D eigenvalue weighted by molar-refractivity contribution is 5.80. The highest BCUT2D eigenvalue weighted by Crippen LogP contribution is 2.12. The second kappa shape index (κ2) is 1.87. The van der Waals surface area contributed by atoms with Crippen LogP contribution in [0, 0.1) is 7.05 Å². The van der Waals surface area contributed by atoms with Crippen LogP contribution in [0.1, 0.15) is 0 Å². The number of fused-ring (bicyclic) bond motifs is 1. The molecule has 2 aromatic rings. The fourth-order valence-electron chi connectivity index (χ4n) is 1.14. The van der Waals surface area contributed by atoms with Gasteiger partial charge in [0.1, 0.15) is 0 Å². The number of nitrogens with zero attached hydrogens (tertiary/aromatic N) is 1. The molecular weight excluding hydrogens is 122 g/mol. The summed E-state index contributed by atoms with van der Waals surface area (Å²) in [5.74, 6) is 0. The predicted octanol–water partition coefficient (Wildman–Crippen LogP) is 2.28. The van der Waals surface area contributed by atoms with Gasteiger partial charge in [0.05, 0.1) is 0 Å². The molecule has 0 atom stereocenters. The van der Waals surface area contributed by atoms with Crippen LogP contribution < -0.4 is 0 Å². The van der Waals surface area contributed by atoms with E-state index in [1.807, 2.05) is 22.9 Å². The van der Waals surface area contributed by atoms with Gasteiger partial charge in [0.15, 0.2) is 0 Å². The molecule has 1 radical (unpaired) electrons. The first-order valence-electron chi connectivity index (χ1n) is 3.25. The standard InChI is InChI=1S/C9H8N/c1-10-7-6-8-4-2-3-5-9(8)10/h2-7H,1H2. The van der Waals surface area contributed by atoms with Crippen molar-refractivity contribution >= 4 is 10.9 Å². The maximum Gasteiger partial charge on any atom is 0.0480 e. The summed E-state index contributed by atoms with van der Waals surface area (Å²) in [6, 6.07) is 10.2. The average Bonchev–Trinajstić information content (AvgIpc) is 2.34. The molecule has 0 saturated heterocycles. The van der Waals surface area contributed by atoms with E-state index in [1.165, 1.54) is 10.9 Å². The van der Waals surface area contributed by atoms with E-state index in [0.717, 1.165) is 0 Å². The van der Waals surface area contributed by atoms with E-state index in [4.69, 9.17) is 0 Å². The first-order valence-corrected chi connectivity index (χ1v) is 3.25. The molecule has 0 fully saturated rings. The highest BCUT2D eigenvalue weighted by atomic mass is 14.9. The van der Waals surface area contributed by atoms with Gasteiger partial charge in [-0.15, -0.1) is 0 Å². The third-order valence-corrected chi connectivity index (χ3v) is 1.68. The van der Waals surface area contributed by atoms with Gasteiger partial charge in [-0.1, -0.05) is 18.2 Å². The number of hydrogen-bond donors (Lipinski definition) is 0. The summed E-state index contributed by atoms with van der Waals surface area (Å²) in [4.78, 5) is 0. The van der Waals surface area contributed by atoms with Crippen LogP contribution in [0.3, 0.4) is 0 Å². The van der Waals surface area contributed by atoms with Crippen LogP contribution in [-0.4, -0.2) is 4.57 Å². The lowest BCUT2D eigenvalue weighted by Gasteiger charge is -1.91. The fourth-order valence-corrected chi connectivity index (χ4v) is 1.14. The van der Waals surface area contributed by atoms with Gasteiger partial charge in [0.25, 0.3) is 0 Å². The van der Waals surface area contributed by atoms with Crippen LogP contribution in [0.2, 0.25) is 0 Å². The predicted molar refractivity (Wildman–Crippen MR) is 42.7 cm³/mol. The SMILES string of the molecule is [CH2]n1ccc2ccccc21. The Bertz CT molecular complexity index is 346. The molecule has 0 aliphatic rings. The summed E-state index contributed by atoms with van der Waals surface area (Å²) >= 11 is 0. The zero-order valence-corrected chi connectivity index (χ0v) is 5.62. The van der Waals surface area contributed by atoms with Crippen molar-refractivity contribution in [2.75, 3.05) is 0 Å². The van der Waals surface area contributed by atoms with Gasteiger partial charge < -0.3 is 4.57 Å². The lowest BCUT2D eigenvalue weighted by atomic mass is 10.2. The van der Waals surface area contributed by atoms with Crippen LogP contribution >= 0.6 is 0 Å². The molecule has 0 spiro atoms. The van der Waals surface area contributed by atoms with Gasteiger partial charge in [0, 0.05) is 18.8 Å². The smallest absolute Gasteiger partial charge is 0.0480 e. The molecule has 0 aliphatic carbocycles. The van der Waals surface area contributed by atoms with Gasteiger partial charge >= 0.3 is 0 Å². The molecule has 2 rings (SSSR count). The molecule has 0 unspecified atom stereocenters. The van der Waals surface area contributed by atoms with E-state index in [0.29, 0.717) is 0 Å². The van der Waals surface area contributed by atoms with E-state index >= 15 is 0 Å². The van der Waals surface area contributed by atoms with Crippen LogP contribution in [0.4, 0.5) is 0 Å². The molecule has 0 bridgehead atoms. The molecule has 0 amide bonds. The van der Waals surface area contributed by atoms with Gasteiger partial charge in [-0.25, -0.2) is 0 Å². The summed E-state index contributed by atoms with van der Waals surface area (Å²) in [5, 5.41) is 1.25. The molecule has 49 valence electrons. The maximum absolute atomic E-state index is 3.83. The van der Waals surface area contributed by atoms with Crippen molar-refractivity contribution in [2.24, 2.45) is 0 Å². The van der Waals surface area contributed by atoms with E-state index in [1.54, 1.807) is 0 Å². The molecule has 1 aromatic heterocycles. The van der Waals surface area contributed by atoms with Gasteiger partial charge in [-0.3, -0.25) is 0 Å². The molecule has 0 aliphatic heterocycles. The summed E-state index contributed by atoms with van der Waals surface area (Å²) in [6.45, 7) is 0. The molecule has 0 saturated carbocycles. The van der Waals surface area contributed by atoms with Gasteiger partial charge in [0.2, 0.25) is 0 Å². The van der Waals surface area contributed by atoms with Crippen molar-refractivity contribution in [2.45, 2.75) is 0 Å². The Labute approximate surface area is 59.9 Å². The van der Waals surface area contributed by atoms with Gasteiger partial charge in [-0.05, 0) is 17.5 Å². The largest absolute Gasteiger partial charge is 0.346 e. The monoisotopic (exact) mass is 130 g/mol. The van der Waals surface area contributed by atoms with Crippen molar-refractivity contribution in [1.82, 2.24) is 4.57 Å². The summed E-state index contributed by atoms with van der Waals surface area (Å²) in [6.07, 6.45) is 1.96. The highest BCUT2D eigenvalue weighted by Gasteiger charge is 1.92. The Hall–Kier alpha value is -1.24. The van der Waals surface area contributed by atoms with E-state index in [9.17, 15) is 0 Å². The average molecular weight is 130 g/mol. The molecule has 1 nitrogen and oxygen atoms in total. The Balaban J connectivity index is 2.93. The van der Waals surface area contributed by atoms with E-state index < -0.39 is 0 Å². The zero-order chi connectivity index (χ0) is 6.97. The fraction of sp³-hybridized carbons (Fsp3) is 0. The molecular formula is C9H8N. The first kappa shape index (κ1) is 5.54. The minimum atomic E-state index is 1.18. The van der Waals surface area contributed by atoms with Crippen molar-refractivity contribution in [3.8, 4) is 0 Å². The first-order chi connectivity index (χ1) is 4.88. The lowest BCUT2D eigenvalue weighted by Crippen LogP contribution is -1.78. The van der Waals surface area contributed by atoms with Crippen molar-refractivity contribution < 1.29 is 0 Å². The van der Waals surface area contributed by atoms with Crippen LogP contribution in [0.15, 0.2) is 36.5 Å². The Morgan fingerprint density at radius 1 is 1.10 bits per heavy atom. The van der Waals surface area contributed by atoms with E-state index in [-0.39, 0.29) is 0 Å². The van der Waals surface area contributed by atoms with E-state index in [2.05, 4.69) is 25.2 Å². The molecule has 0 N–H and O–H groups in total. The molecule has 1 aromatic carbocycles. The Morgan fingerprint density at radius 3 is 2.70 bits per heavy atom. The summed E-state index contributed by atoms with van der Waals surface area (Å²) < 4.78 is 1.87. The van der Waals surface area contributed by atoms with Crippen molar-refractivity contribution in [1.29, 1.82) is 0 Å². The van der Waals surface area contributed by atoms with Crippen LogP contribution in [-0.2, 0) is 0 Å². The topological polar surface area (TPSA) is 4.93 Å². The molecule has 10 heavy (non-hydrogen) atoms. The van der Waals surface area contributed by atoms with Gasteiger partial charge in [-0.2, -0.15) is 0 Å². The second-order valence-electron chi connectivity index (χ2n) is 2.34. The normalized spacial score (nSPS) is 10.5. The second-order valence-corrected chi connectivity index (χ2v) is 2.34. The number of benzene rings is 1. The van der Waals surface area contributed by atoms with Crippen LogP contribution in [0.5, 0.6) is 0 Å². The van der Waals surface area contributed by atoms with Crippen LogP contribution in [0.25, 0.3) is 10.9 Å². The third-order valence-electron chi connectivity index (χ3n) is 1.68. The minimum Gasteiger partial charge on any atom is -0.346 e. The number of aromatic nitrogens is 1. The minimum absolute atomic E-state index is 1.18.